The van der Waals surface area contributed by atoms with Crippen LogP contribution in [0.3, 0.4) is 0 Å². The molecular formula is C15H11N3O2. The molecule has 1 aromatic heterocycles. The lowest BCUT2D eigenvalue weighted by atomic mass is 10.1. The van der Waals surface area contributed by atoms with Crippen molar-refractivity contribution in [3.8, 4) is 0 Å². The number of anilines is 2. The van der Waals surface area contributed by atoms with Crippen LogP contribution in [0, 0.1) is 10.1 Å². The van der Waals surface area contributed by atoms with Gasteiger partial charge in [-0.2, -0.15) is 0 Å². The molecule has 3 aromatic rings. The first-order valence-electron chi connectivity index (χ1n) is 6.10. The molecule has 0 aliphatic carbocycles. The molecule has 0 radical (unpaired) electrons. The van der Waals surface area contributed by atoms with E-state index in [1.165, 1.54) is 12.3 Å². The van der Waals surface area contributed by atoms with E-state index in [1.807, 2.05) is 36.4 Å². The summed E-state index contributed by atoms with van der Waals surface area (Å²) in [5, 5.41) is 14.8. The Bertz CT molecular complexity index is 772. The Morgan fingerprint density at radius 1 is 1.00 bits per heavy atom. The summed E-state index contributed by atoms with van der Waals surface area (Å²) in [7, 11) is 0. The number of hydrogen-bond acceptors (Lipinski definition) is 4. The average molecular weight is 265 g/mol. The van der Waals surface area contributed by atoms with Gasteiger partial charge in [0.15, 0.2) is 0 Å². The minimum Gasteiger partial charge on any atom is -0.354 e. The molecule has 0 amide bonds. The molecule has 2 aromatic carbocycles. The second kappa shape index (κ2) is 4.97. The number of rotatable bonds is 3. The van der Waals surface area contributed by atoms with E-state index in [2.05, 4.69) is 10.3 Å². The van der Waals surface area contributed by atoms with Crippen LogP contribution in [0.1, 0.15) is 0 Å². The van der Waals surface area contributed by atoms with E-state index in [0.29, 0.717) is 10.9 Å². The smallest absolute Gasteiger partial charge is 0.280 e. The van der Waals surface area contributed by atoms with E-state index in [9.17, 15) is 10.1 Å². The van der Waals surface area contributed by atoms with Crippen LogP contribution in [0.4, 0.5) is 17.1 Å². The fourth-order valence-corrected chi connectivity index (χ4v) is 2.10. The van der Waals surface area contributed by atoms with Crippen molar-refractivity contribution in [2.45, 2.75) is 0 Å². The van der Waals surface area contributed by atoms with E-state index in [4.69, 9.17) is 0 Å². The van der Waals surface area contributed by atoms with Crippen molar-refractivity contribution < 1.29 is 4.92 Å². The number of para-hydroxylation sites is 2. The zero-order valence-corrected chi connectivity index (χ0v) is 10.5. The number of nitrogens with zero attached hydrogens (tertiary/aromatic N) is 2. The molecule has 0 aliphatic rings. The van der Waals surface area contributed by atoms with Crippen LogP contribution in [0.25, 0.3) is 10.9 Å². The maximum Gasteiger partial charge on any atom is 0.280 e. The van der Waals surface area contributed by atoms with E-state index in [1.54, 1.807) is 12.1 Å². The van der Waals surface area contributed by atoms with Crippen molar-refractivity contribution >= 4 is 28.0 Å². The third-order valence-corrected chi connectivity index (χ3v) is 3.00. The van der Waals surface area contributed by atoms with E-state index >= 15 is 0 Å². The summed E-state index contributed by atoms with van der Waals surface area (Å²) in [5.41, 5.74) is 2.31. The average Bonchev–Trinajstić information content (AvgIpc) is 2.48. The Morgan fingerprint density at radius 2 is 1.80 bits per heavy atom. The number of fused-ring (bicyclic) bond motifs is 1. The molecule has 20 heavy (non-hydrogen) atoms. The molecule has 0 spiro atoms. The first kappa shape index (κ1) is 12.1. The van der Waals surface area contributed by atoms with Crippen LogP contribution in [0.5, 0.6) is 0 Å². The van der Waals surface area contributed by atoms with Gasteiger partial charge in [-0.25, -0.2) is 0 Å². The summed E-state index contributed by atoms with van der Waals surface area (Å²) in [6.07, 6.45) is 1.46. The van der Waals surface area contributed by atoms with E-state index in [0.717, 1.165) is 11.4 Å². The van der Waals surface area contributed by atoms with Gasteiger partial charge in [0, 0.05) is 18.0 Å². The largest absolute Gasteiger partial charge is 0.354 e. The van der Waals surface area contributed by atoms with Crippen LogP contribution >= 0.6 is 0 Å². The molecule has 0 atom stereocenters. The predicted octanol–water partition coefficient (Wildman–Crippen LogP) is 3.89. The van der Waals surface area contributed by atoms with Crippen LogP contribution in [0.15, 0.2) is 60.8 Å². The van der Waals surface area contributed by atoms with Gasteiger partial charge in [0.2, 0.25) is 0 Å². The molecule has 0 saturated carbocycles. The monoisotopic (exact) mass is 265 g/mol. The summed E-state index contributed by atoms with van der Waals surface area (Å²) in [5.74, 6) is 0. The fourth-order valence-electron chi connectivity index (χ4n) is 2.10. The van der Waals surface area contributed by atoms with E-state index in [-0.39, 0.29) is 5.69 Å². The van der Waals surface area contributed by atoms with Gasteiger partial charge in [-0.3, -0.25) is 15.1 Å². The molecule has 0 fully saturated rings. The van der Waals surface area contributed by atoms with Crippen LogP contribution < -0.4 is 5.32 Å². The number of benzene rings is 2. The number of aromatic nitrogens is 1. The maximum atomic E-state index is 11.0. The Labute approximate surface area is 115 Å². The van der Waals surface area contributed by atoms with Crippen molar-refractivity contribution in [1.82, 2.24) is 4.98 Å². The SMILES string of the molecule is O=[N+]([O-])c1ccnc2c(Nc3ccccc3)cccc12. The normalized spacial score (nSPS) is 10.4. The zero-order chi connectivity index (χ0) is 13.9. The lowest BCUT2D eigenvalue weighted by molar-refractivity contribution is -0.383. The first-order valence-corrected chi connectivity index (χ1v) is 6.10. The predicted molar refractivity (Wildman–Crippen MR) is 78.1 cm³/mol. The number of pyridine rings is 1. The van der Waals surface area contributed by atoms with Gasteiger partial charge in [-0.1, -0.05) is 24.3 Å². The highest BCUT2D eigenvalue weighted by Crippen LogP contribution is 2.30. The Kier molecular flexibility index (Phi) is 3.01. The highest BCUT2D eigenvalue weighted by molar-refractivity contribution is 5.97. The summed E-state index contributed by atoms with van der Waals surface area (Å²) in [6.45, 7) is 0. The molecule has 0 unspecified atom stereocenters. The molecule has 5 heteroatoms. The molecule has 3 rings (SSSR count). The third kappa shape index (κ3) is 2.16. The molecule has 0 saturated heterocycles. The van der Waals surface area contributed by atoms with Crippen molar-refractivity contribution in [1.29, 1.82) is 0 Å². The molecule has 1 N–H and O–H groups in total. The molecule has 0 bridgehead atoms. The van der Waals surface area contributed by atoms with Gasteiger partial charge in [0.25, 0.3) is 5.69 Å². The Balaban J connectivity index is 2.13. The maximum absolute atomic E-state index is 11.0. The van der Waals surface area contributed by atoms with Gasteiger partial charge in [0.05, 0.1) is 16.0 Å². The minimum atomic E-state index is -0.393. The van der Waals surface area contributed by atoms with Gasteiger partial charge in [-0.15, -0.1) is 0 Å². The fraction of sp³-hybridized carbons (Fsp3) is 0. The van der Waals surface area contributed by atoms with E-state index < -0.39 is 4.92 Å². The molecule has 0 aliphatic heterocycles. The highest BCUT2D eigenvalue weighted by Gasteiger charge is 2.13. The van der Waals surface area contributed by atoms with Crippen LogP contribution in [0.2, 0.25) is 0 Å². The Hall–Kier alpha value is -2.95. The molecule has 1 heterocycles. The summed E-state index contributed by atoms with van der Waals surface area (Å²) in [6, 6.07) is 16.4. The van der Waals surface area contributed by atoms with Crippen molar-refractivity contribution in [3.63, 3.8) is 0 Å². The topological polar surface area (TPSA) is 68.1 Å². The van der Waals surface area contributed by atoms with Crippen LogP contribution in [-0.2, 0) is 0 Å². The second-order valence-corrected chi connectivity index (χ2v) is 4.28. The quantitative estimate of drug-likeness (QED) is 0.576. The number of nitrogens with one attached hydrogen (secondary N) is 1. The van der Waals surface area contributed by atoms with Crippen molar-refractivity contribution in [2.24, 2.45) is 0 Å². The molecule has 98 valence electrons. The Morgan fingerprint density at radius 3 is 2.55 bits per heavy atom. The molecular weight excluding hydrogens is 254 g/mol. The zero-order valence-electron chi connectivity index (χ0n) is 10.5. The lowest BCUT2D eigenvalue weighted by Crippen LogP contribution is -1.95. The minimum absolute atomic E-state index is 0.0618. The lowest BCUT2D eigenvalue weighted by Gasteiger charge is -2.08. The molecule has 5 nitrogen and oxygen atoms in total. The number of hydrogen-bond donors (Lipinski definition) is 1. The van der Waals surface area contributed by atoms with Crippen LogP contribution in [-0.4, -0.2) is 9.91 Å². The highest BCUT2D eigenvalue weighted by atomic mass is 16.6. The second-order valence-electron chi connectivity index (χ2n) is 4.28. The first-order chi connectivity index (χ1) is 9.75. The van der Waals surface area contributed by atoms with Crippen molar-refractivity contribution in [3.05, 3.63) is 70.9 Å². The summed E-state index contributed by atoms with van der Waals surface area (Å²) >= 11 is 0. The summed E-state index contributed by atoms with van der Waals surface area (Å²) in [4.78, 5) is 14.9. The van der Waals surface area contributed by atoms with Gasteiger partial charge < -0.3 is 5.32 Å². The number of nitro groups is 1. The summed E-state index contributed by atoms with van der Waals surface area (Å²) < 4.78 is 0. The third-order valence-electron chi connectivity index (χ3n) is 3.00. The standard InChI is InChI=1S/C15H11N3O2/c19-18(20)14-9-10-16-15-12(14)7-4-8-13(15)17-11-5-2-1-3-6-11/h1-10,17H. The van der Waals surface area contributed by atoms with Crippen molar-refractivity contribution in [2.75, 3.05) is 5.32 Å². The van der Waals surface area contributed by atoms with Gasteiger partial charge >= 0.3 is 0 Å². The van der Waals surface area contributed by atoms with Gasteiger partial charge in [0.1, 0.15) is 5.52 Å². The van der Waals surface area contributed by atoms with Gasteiger partial charge in [-0.05, 0) is 24.3 Å².